The van der Waals surface area contributed by atoms with Gasteiger partial charge in [-0.25, -0.2) is 0 Å². The quantitative estimate of drug-likeness (QED) is 0.448. The second-order valence-electron chi connectivity index (χ2n) is 8.79. The Morgan fingerprint density at radius 1 is 1.00 bits per heavy atom. The summed E-state index contributed by atoms with van der Waals surface area (Å²) < 4.78 is 0. The molecule has 3 aromatic rings. The van der Waals surface area contributed by atoms with Crippen molar-refractivity contribution in [3.8, 4) is 0 Å². The van der Waals surface area contributed by atoms with Crippen LogP contribution in [0.5, 0.6) is 0 Å². The Bertz CT molecular complexity index is 1160. The van der Waals surface area contributed by atoms with Crippen molar-refractivity contribution in [2.45, 2.75) is 42.1 Å². The lowest BCUT2D eigenvalue weighted by atomic mass is 10.1. The predicted octanol–water partition coefficient (Wildman–Crippen LogP) is 6.36. The van der Waals surface area contributed by atoms with Gasteiger partial charge >= 0.3 is 0 Å². The van der Waals surface area contributed by atoms with Gasteiger partial charge in [0.1, 0.15) is 0 Å². The third kappa shape index (κ3) is 4.91. The molecule has 0 bridgehead atoms. The van der Waals surface area contributed by atoms with Gasteiger partial charge in [-0.1, -0.05) is 47.6 Å². The fourth-order valence-electron chi connectivity index (χ4n) is 4.75. The Labute approximate surface area is 204 Å². The number of rotatable bonds is 6. The first-order valence-corrected chi connectivity index (χ1v) is 12.7. The van der Waals surface area contributed by atoms with E-state index in [-0.39, 0.29) is 5.91 Å². The first-order chi connectivity index (χ1) is 16.1. The van der Waals surface area contributed by atoms with Gasteiger partial charge in [-0.15, -0.1) is 0 Å². The van der Waals surface area contributed by atoms with Gasteiger partial charge in [-0.2, -0.15) is 0 Å². The number of carbonyl (C=O) groups excluding carboxylic acids is 1. The number of para-hydroxylation sites is 1. The molecule has 1 saturated heterocycles. The second kappa shape index (κ2) is 9.80. The SMILES string of the molecule is C[C@H](CN1CCCC1)N1c2ccccc2Sc2ccc(C(=O)NCc3cccc(Cl)c3)cc21. The van der Waals surface area contributed by atoms with Crippen molar-refractivity contribution in [1.82, 2.24) is 10.2 Å². The number of benzene rings is 3. The summed E-state index contributed by atoms with van der Waals surface area (Å²) in [6.45, 7) is 6.11. The average molecular weight is 478 g/mol. The van der Waals surface area contributed by atoms with Crippen LogP contribution >= 0.6 is 23.4 Å². The van der Waals surface area contributed by atoms with Crippen LogP contribution in [0.25, 0.3) is 0 Å². The van der Waals surface area contributed by atoms with Crippen LogP contribution in [0.2, 0.25) is 5.02 Å². The smallest absolute Gasteiger partial charge is 0.251 e. The standard InChI is InChI=1S/C27H28ClN3OS/c1-19(18-30-13-4-5-14-30)31-23-9-2-3-10-25(23)33-26-12-11-21(16-24(26)31)27(32)29-17-20-7-6-8-22(28)15-20/h2-3,6-12,15-16,19H,4-5,13-14,17-18H2,1H3,(H,29,32)/t19-/m1/s1. The average Bonchev–Trinajstić information content (AvgIpc) is 3.33. The number of halogens is 1. The predicted molar refractivity (Wildman–Crippen MR) is 137 cm³/mol. The largest absolute Gasteiger partial charge is 0.348 e. The Hall–Kier alpha value is -2.47. The van der Waals surface area contributed by atoms with E-state index in [1.54, 1.807) is 11.8 Å². The lowest BCUT2D eigenvalue weighted by molar-refractivity contribution is 0.0951. The summed E-state index contributed by atoms with van der Waals surface area (Å²) in [5.74, 6) is -0.0752. The van der Waals surface area contributed by atoms with E-state index in [0.29, 0.717) is 23.2 Å². The lowest BCUT2D eigenvalue weighted by Crippen LogP contribution is -2.40. The number of amides is 1. The van der Waals surface area contributed by atoms with E-state index in [1.807, 2.05) is 36.4 Å². The minimum Gasteiger partial charge on any atom is -0.348 e. The molecular formula is C27H28ClN3OS. The lowest BCUT2D eigenvalue weighted by Gasteiger charge is -2.39. The molecule has 0 unspecified atom stereocenters. The minimum atomic E-state index is -0.0752. The number of hydrogen-bond donors (Lipinski definition) is 1. The zero-order valence-corrected chi connectivity index (χ0v) is 20.3. The Balaban J connectivity index is 1.41. The van der Waals surface area contributed by atoms with Crippen LogP contribution < -0.4 is 10.2 Å². The van der Waals surface area contributed by atoms with E-state index >= 15 is 0 Å². The number of likely N-dealkylation sites (tertiary alicyclic amines) is 1. The van der Waals surface area contributed by atoms with Crippen molar-refractivity contribution in [3.63, 3.8) is 0 Å². The summed E-state index contributed by atoms with van der Waals surface area (Å²) in [6.07, 6.45) is 2.57. The number of fused-ring (bicyclic) bond motifs is 2. The summed E-state index contributed by atoms with van der Waals surface area (Å²) in [7, 11) is 0. The third-order valence-electron chi connectivity index (χ3n) is 6.33. The van der Waals surface area contributed by atoms with Crippen LogP contribution in [0.15, 0.2) is 76.5 Å². The topological polar surface area (TPSA) is 35.6 Å². The molecule has 170 valence electrons. The van der Waals surface area contributed by atoms with E-state index in [4.69, 9.17) is 11.6 Å². The molecule has 2 aliphatic rings. The van der Waals surface area contributed by atoms with Crippen molar-refractivity contribution in [3.05, 3.63) is 82.9 Å². The van der Waals surface area contributed by atoms with Gasteiger partial charge in [-0.3, -0.25) is 4.79 Å². The molecule has 2 heterocycles. The first kappa shape index (κ1) is 22.3. The molecule has 0 aliphatic carbocycles. The maximum absolute atomic E-state index is 13.0. The molecule has 6 heteroatoms. The molecule has 0 saturated carbocycles. The molecule has 2 aliphatic heterocycles. The molecule has 1 atom stereocenters. The van der Waals surface area contributed by atoms with Crippen LogP contribution in [-0.2, 0) is 6.54 Å². The monoisotopic (exact) mass is 477 g/mol. The van der Waals surface area contributed by atoms with Gasteiger partial charge in [0, 0.05) is 39.5 Å². The van der Waals surface area contributed by atoms with E-state index in [1.165, 1.54) is 41.4 Å². The van der Waals surface area contributed by atoms with E-state index in [9.17, 15) is 4.79 Å². The van der Waals surface area contributed by atoms with Gasteiger partial charge in [-0.05, 0) is 80.9 Å². The highest BCUT2D eigenvalue weighted by atomic mass is 35.5. The summed E-state index contributed by atoms with van der Waals surface area (Å²) >= 11 is 7.86. The minimum absolute atomic E-state index is 0.0752. The number of nitrogens with zero attached hydrogens (tertiary/aromatic N) is 2. The van der Waals surface area contributed by atoms with Crippen molar-refractivity contribution in [1.29, 1.82) is 0 Å². The van der Waals surface area contributed by atoms with E-state index in [2.05, 4.69) is 52.4 Å². The third-order valence-corrected chi connectivity index (χ3v) is 7.69. The Kier molecular flexibility index (Phi) is 6.63. The first-order valence-electron chi connectivity index (χ1n) is 11.5. The molecule has 4 nitrogen and oxygen atoms in total. The van der Waals surface area contributed by atoms with E-state index < -0.39 is 0 Å². The van der Waals surface area contributed by atoms with Crippen molar-refractivity contribution in [2.75, 3.05) is 24.5 Å². The normalized spacial score (nSPS) is 16.2. The summed E-state index contributed by atoms with van der Waals surface area (Å²) in [4.78, 5) is 20.4. The molecule has 1 amide bonds. The molecule has 33 heavy (non-hydrogen) atoms. The van der Waals surface area contributed by atoms with E-state index in [0.717, 1.165) is 17.8 Å². The summed E-state index contributed by atoms with van der Waals surface area (Å²) in [6, 6.07) is 22.5. The van der Waals surface area contributed by atoms with Crippen LogP contribution in [0.4, 0.5) is 11.4 Å². The molecular weight excluding hydrogens is 450 g/mol. The number of carbonyl (C=O) groups is 1. The Morgan fingerprint density at radius 2 is 1.79 bits per heavy atom. The van der Waals surface area contributed by atoms with Crippen molar-refractivity contribution < 1.29 is 4.79 Å². The van der Waals surface area contributed by atoms with Crippen molar-refractivity contribution in [2.24, 2.45) is 0 Å². The highest BCUT2D eigenvalue weighted by molar-refractivity contribution is 7.99. The second-order valence-corrected chi connectivity index (χ2v) is 10.3. The molecule has 0 spiro atoms. The molecule has 1 fully saturated rings. The Morgan fingerprint density at radius 3 is 2.61 bits per heavy atom. The van der Waals surface area contributed by atoms with Crippen LogP contribution in [0, 0.1) is 0 Å². The van der Waals surface area contributed by atoms with Crippen LogP contribution in [0.1, 0.15) is 35.7 Å². The highest BCUT2D eigenvalue weighted by Gasteiger charge is 2.29. The fraction of sp³-hybridized carbons (Fsp3) is 0.296. The molecule has 1 N–H and O–H groups in total. The summed E-state index contributed by atoms with van der Waals surface area (Å²) in [5.41, 5.74) is 3.99. The van der Waals surface area contributed by atoms with Crippen molar-refractivity contribution >= 4 is 40.6 Å². The van der Waals surface area contributed by atoms with Crippen LogP contribution in [0.3, 0.4) is 0 Å². The number of nitrogens with one attached hydrogen (secondary N) is 1. The van der Waals surface area contributed by atoms with Gasteiger partial charge in [0.05, 0.1) is 11.4 Å². The van der Waals surface area contributed by atoms with Crippen LogP contribution in [-0.4, -0.2) is 36.5 Å². The molecule has 5 rings (SSSR count). The molecule has 3 aromatic carbocycles. The highest BCUT2D eigenvalue weighted by Crippen LogP contribution is 2.49. The maximum Gasteiger partial charge on any atom is 0.251 e. The van der Waals surface area contributed by atoms with Gasteiger partial charge in [0.2, 0.25) is 0 Å². The van der Waals surface area contributed by atoms with Gasteiger partial charge in [0.25, 0.3) is 5.91 Å². The summed E-state index contributed by atoms with van der Waals surface area (Å²) in [5, 5.41) is 3.71. The zero-order valence-electron chi connectivity index (χ0n) is 18.8. The zero-order chi connectivity index (χ0) is 22.8. The maximum atomic E-state index is 13.0. The number of hydrogen-bond acceptors (Lipinski definition) is 4. The molecule has 0 radical (unpaired) electrons. The molecule has 0 aromatic heterocycles. The van der Waals surface area contributed by atoms with Gasteiger partial charge < -0.3 is 15.1 Å². The van der Waals surface area contributed by atoms with Gasteiger partial charge in [0.15, 0.2) is 0 Å². The number of anilines is 2. The fourth-order valence-corrected chi connectivity index (χ4v) is 6.02.